The fourth-order valence-corrected chi connectivity index (χ4v) is 2.65. The molecule has 3 heteroatoms. The van der Waals surface area contributed by atoms with E-state index in [9.17, 15) is 0 Å². The van der Waals surface area contributed by atoms with Crippen molar-refractivity contribution in [2.45, 2.75) is 0 Å². The maximum atomic E-state index is 5.84. The van der Waals surface area contributed by atoms with E-state index in [1.165, 1.54) is 16.8 Å². The molecule has 0 radical (unpaired) electrons. The van der Waals surface area contributed by atoms with Crippen LogP contribution in [0.1, 0.15) is 0 Å². The van der Waals surface area contributed by atoms with E-state index >= 15 is 0 Å². The minimum atomic E-state index is 0.811. The summed E-state index contributed by atoms with van der Waals surface area (Å²) in [6.07, 6.45) is 0. The third kappa shape index (κ3) is 2.78. The number of benzene rings is 2. The van der Waals surface area contributed by atoms with Gasteiger partial charge < -0.3 is 15.5 Å². The van der Waals surface area contributed by atoms with Crippen molar-refractivity contribution in [2.75, 3.05) is 43.9 Å². The van der Waals surface area contributed by atoms with Crippen molar-refractivity contribution in [2.24, 2.45) is 0 Å². The molecule has 0 aliphatic carbocycles. The Labute approximate surface area is 120 Å². The van der Waals surface area contributed by atoms with E-state index in [-0.39, 0.29) is 0 Å². The van der Waals surface area contributed by atoms with E-state index in [4.69, 9.17) is 5.73 Å². The van der Waals surface area contributed by atoms with Crippen LogP contribution in [0.15, 0.2) is 48.5 Å². The molecule has 1 aliphatic rings. The van der Waals surface area contributed by atoms with E-state index in [0.29, 0.717) is 0 Å². The second-order valence-electron chi connectivity index (χ2n) is 5.46. The van der Waals surface area contributed by atoms with E-state index in [1.807, 2.05) is 18.2 Å². The number of likely N-dealkylation sites (N-methyl/N-ethyl adjacent to an activating group) is 1. The van der Waals surface area contributed by atoms with Crippen molar-refractivity contribution in [3.05, 3.63) is 48.5 Å². The summed E-state index contributed by atoms with van der Waals surface area (Å²) in [5.41, 5.74) is 10.4. The highest BCUT2D eigenvalue weighted by Gasteiger charge is 2.13. The number of nitrogen functional groups attached to an aromatic ring is 1. The van der Waals surface area contributed by atoms with Crippen LogP contribution in [-0.4, -0.2) is 38.1 Å². The average Bonchev–Trinajstić information content (AvgIpc) is 2.48. The number of hydrogen-bond donors (Lipinski definition) is 1. The predicted molar refractivity (Wildman–Crippen MR) is 86.0 cm³/mol. The molecule has 0 atom stereocenters. The minimum Gasteiger partial charge on any atom is -0.399 e. The number of anilines is 2. The van der Waals surface area contributed by atoms with Gasteiger partial charge in [0.1, 0.15) is 0 Å². The number of rotatable bonds is 2. The molecule has 104 valence electrons. The van der Waals surface area contributed by atoms with E-state index in [1.54, 1.807) is 0 Å². The molecule has 0 spiro atoms. The van der Waals surface area contributed by atoms with Crippen LogP contribution >= 0.6 is 0 Å². The average molecular weight is 267 g/mol. The number of nitrogens with zero attached hydrogens (tertiary/aromatic N) is 2. The zero-order valence-corrected chi connectivity index (χ0v) is 11.9. The van der Waals surface area contributed by atoms with Crippen LogP contribution in [0.5, 0.6) is 0 Å². The molecular formula is C17H21N3. The van der Waals surface area contributed by atoms with Crippen LogP contribution in [0, 0.1) is 0 Å². The maximum absolute atomic E-state index is 5.84. The monoisotopic (exact) mass is 267 g/mol. The summed E-state index contributed by atoms with van der Waals surface area (Å²) in [7, 11) is 2.18. The fraction of sp³-hybridized carbons (Fsp3) is 0.294. The third-order valence-corrected chi connectivity index (χ3v) is 3.96. The van der Waals surface area contributed by atoms with Gasteiger partial charge in [0.05, 0.1) is 0 Å². The summed E-state index contributed by atoms with van der Waals surface area (Å²) in [5.74, 6) is 0. The Kier molecular flexibility index (Phi) is 3.61. The van der Waals surface area contributed by atoms with Crippen LogP contribution in [0.3, 0.4) is 0 Å². The van der Waals surface area contributed by atoms with Gasteiger partial charge in [0, 0.05) is 37.6 Å². The lowest BCUT2D eigenvalue weighted by Gasteiger charge is -2.34. The molecular weight excluding hydrogens is 246 g/mol. The van der Waals surface area contributed by atoms with Gasteiger partial charge in [0.25, 0.3) is 0 Å². The normalized spacial score (nSPS) is 16.4. The van der Waals surface area contributed by atoms with Gasteiger partial charge in [-0.25, -0.2) is 0 Å². The number of hydrogen-bond acceptors (Lipinski definition) is 3. The zero-order chi connectivity index (χ0) is 13.9. The van der Waals surface area contributed by atoms with Crippen LogP contribution in [0.25, 0.3) is 11.1 Å². The first-order valence-corrected chi connectivity index (χ1v) is 7.12. The highest BCUT2D eigenvalue weighted by atomic mass is 15.2. The molecule has 1 fully saturated rings. The summed E-state index contributed by atoms with van der Waals surface area (Å²) in [5, 5.41) is 0. The molecule has 3 rings (SSSR count). The molecule has 0 bridgehead atoms. The molecule has 2 N–H and O–H groups in total. The van der Waals surface area contributed by atoms with Crippen molar-refractivity contribution in [3.63, 3.8) is 0 Å². The molecule has 0 unspecified atom stereocenters. The van der Waals surface area contributed by atoms with Crippen molar-refractivity contribution in [1.82, 2.24) is 4.90 Å². The summed E-state index contributed by atoms with van der Waals surface area (Å²) in [6, 6.07) is 16.8. The molecule has 2 aromatic carbocycles. The first-order valence-electron chi connectivity index (χ1n) is 7.12. The Bertz CT molecular complexity index is 569. The van der Waals surface area contributed by atoms with Crippen LogP contribution in [0.2, 0.25) is 0 Å². The van der Waals surface area contributed by atoms with Gasteiger partial charge >= 0.3 is 0 Å². The lowest BCUT2D eigenvalue weighted by molar-refractivity contribution is 0.313. The highest BCUT2D eigenvalue weighted by molar-refractivity contribution is 5.69. The Hall–Kier alpha value is -2.00. The minimum absolute atomic E-state index is 0.811. The maximum Gasteiger partial charge on any atom is 0.0367 e. The Morgan fingerprint density at radius 2 is 1.55 bits per heavy atom. The molecule has 1 aliphatic heterocycles. The Balaban J connectivity index is 1.78. The summed E-state index contributed by atoms with van der Waals surface area (Å²) >= 11 is 0. The summed E-state index contributed by atoms with van der Waals surface area (Å²) in [6.45, 7) is 4.48. The molecule has 2 aromatic rings. The molecule has 0 aromatic heterocycles. The molecule has 1 saturated heterocycles. The topological polar surface area (TPSA) is 32.5 Å². The lowest BCUT2D eigenvalue weighted by Crippen LogP contribution is -2.44. The standard InChI is InChI=1S/C17H21N3/c1-19-9-11-20(12-10-19)17-7-5-14(6-8-17)15-3-2-4-16(18)13-15/h2-8,13H,9-12,18H2,1H3. The molecule has 0 saturated carbocycles. The summed E-state index contributed by atoms with van der Waals surface area (Å²) < 4.78 is 0. The quantitative estimate of drug-likeness (QED) is 0.849. The number of piperazine rings is 1. The molecule has 1 heterocycles. The SMILES string of the molecule is CN1CCN(c2ccc(-c3cccc(N)c3)cc2)CC1. The van der Waals surface area contributed by atoms with E-state index in [2.05, 4.69) is 47.2 Å². The van der Waals surface area contributed by atoms with Gasteiger partial charge in [-0.15, -0.1) is 0 Å². The first-order chi connectivity index (χ1) is 9.72. The van der Waals surface area contributed by atoms with E-state index < -0.39 is 0 Å². The second kappa shape index (κ2) is 5.55. The largest absolute Gasteiger partial charge is 0.399 e. The van der Waals surface area contributed by atoms with E-state index in [0.717, 1.165) is 31.9 Å². The predicted octanol–water partition coefficient (Wildman–Crippen LogP) is 2.69. The highest BCUT2D eigenvalue weighted by Crippen LogP contribution is 2.25. The van der Waals surface area contributed by atoms with Crippen molar-refractivity contribution < 1.29 is 0 Å². The van der Waals surface area contributed by atoms with Gasteiger partial charge in [-0.1, -0.05) is 24.3 Å². The summed E-state index contributed by atoms with van der Waals surface area (Å²) in [4.78, 5) is 4.82. The number of nitrogens with two attached hydrogens (primary N) is 1. The van der Waals surface area contributed by atoms with Crippen molar-refractivity contribution in [3.8, 4) is 11.1 Å². The lowest BCUT2D eigenvalue weighted by atomic mass is 10.0. The van der Waals surface area contributed by atoms with Crippen molar-refractivity contribution in [1.29, 1.82) is 0 Å². The second-order valence-corrected chi connectivity index (χ2v) is 5.46. The first kappa shape index (κ1) is 13.0. The van der Waals surface area contributed by atoms with Crippen LogP contribution < -0.4 is 10.6 Å². The fourth-order valence-electron chi connectivity index (χ4n) is 2.65. The molecule has 20 heavy (non-hydrogen) atoms. The van der Waals surface area contributed by atoms with Gasteiger partial charge in [-0.2, -0.15) is 0 Å². The molecule has 3 nitrogen and oxygen atoms in total. The Morgan fingerprint density at radius 3 is 2.20 bits per heavy atom. The smallest absolute Gasteiger partial charge is 0.0367 e. The Morgan fingerprint density at radius 1 is 0.850 bits per heavy atom. The van der Waals surface area contributed by atoms with Gasteiger partial charge in [0.2, 0.25) is 0 Å². The third-order valence-electron chi connectivity index (χ3n) is 3.96. The van der Waals surface area contributed by atoms with Gasteiger partial charge in [-0.05, 0) is 42.4 Å². The zero-order valence-electron chi connectivity index (χ0n) is 11.9. The van der Waals surface area contributed by atoms with Crippen LogP contribution in [0.4, 0.5) is 11.4 Å². The van der Waals surface area contributed by atoms with Gasteiger partial charge in [0.15, 0.2) is 0 Å². The van der Waals surface area contributed by atoms with Crippen LogP contribution in [-0.2, 0) is 0 Å². The van der Waals surface area contributed by atoms with Gasteiger partial charge in [-0.3, -0.25) is 0 Å². The molecule has 0 amide bonds. The van der Waals surface area contributed by atoms with Crippen molar-refractivity contribution >= 4 is 11.4 Å².